The summed E-state index contributed by atoms with van der Waals surface area (Å²) >= 11 is 0. The highest BCUT2D eigenvalue weighted by Crippen LogP contribution is 2.46. The van der Waals surface area contributed by atoms with Crippen molar-refractivity contribution in [1.29, 1.82) is 0 Å². The highest BCUT2D eigenvalue weighted by molar-refractivity contribution is 6.14. The Morgan fingerprint density at radius 2 is 0.534 bits per heavy atom. The molecule has 0 spiro atoms. The van der Waals surface area contributed by atoms with Gasteiger partial charge in [0.1, 0.15) is 11.6 Å². The van der Waals surface area contributed by atoms with Crippen molar-refractivity contribution < 1.29 is 8.78 Å². The summed E-state index contributed by atoms with van der Waals surface area (Å²) < 4.78 is 36.0. The molecule has 414 valence electrons. The molecule has 16 rings (SSSR count). The Morgan fingerprint density at radius 1 is 0.216 bits per heavy atom. The summed E-state index contributed by atoms with van der Waals surface area (Å²) in [6, 6.07) is 99.3. The summed E-state index contributed by atoms with van der Waals surface area (Å²) in [6.45, 7) is 0. The van der Waals surface area contributed by atoms with Gasteiger partial charge in [0.25, 0.3) is 0 Å². The first kappa shape index (κ1) is 51.9. The quantitative estimate of drug-likeness (QED) is 0.130. The lowest BCUT2D eigenvalue weighted by Crippen LogP contribution is -2.04. The lowest BCUT2D eigenvalue weighted by atomic mass is 9.94. The van der Waals surface area contributed by atoms with Crippen LogP contribution in [0, 0.1) is 11.6 Å². The highest BCUT2D eigenvalue weighted by atomic mass is 19.1. The molecule has 0 aliphatic heterocycles. The first-order chi connectivity index (χ1) is 43.5. The minimum Gasteiger partial charge on any atom is -0.307 e. The first-order valence-electron chi connectivity index (χ1n) is 29.4. The van der Waals surface area contributed by atoms with Gasteiger partial charge in [-0.05, 0) is 117 Å². The van der Waals surface area contributed by atoms with Crippen LogP contribution in [0.4, 0.5) is 8.78 Å². The number of nitrogens with zero attached hydrogens (tertiary/aromatic N) is 5. The molecule has 0 N–H and O–H groups in total. The van der Waals surface area contributed by atoms with Crippen LogP contribution in [0.15, 0.2) is 310 Å². The highest BCUT2D eigenvalue weighted by Gasteiger charge is 2.25. The molecule has 0 aliphatic carbocycles. The second-order valence-corrected chi connectivity index (χ2v) is 22.2. The van der Waals surface area contributed by atoms with Crippen LogP contribution in [0.1, 0.15) is 0 Å². The fourth-order valence-electron chi connectivity index (χ4n) is 13.0. The zero-order valence-corrected chi connectivity index (χ0v) is 47.4. The molecule has 0 aliphatic rings. The second-order valence-electron chi connectivity index (χ2n) is 22.2. The Hall–Kier alpha value is -11.7. The van der Waals surface area contributed by atoms with Gasteiger partial charge in [-0.25, -0.2) is 8.78 Å². The van der Waals surface area contributed by atoms with E-state index in [9.17, 15) is 0 Å². The van der Waals surface area contributed by atoms with E-state index < -0.39 is 11.6 Å². The lowest BCUT2D eigenvalue weighted by molar-refractivity contribution is 0.584. The molecule has 0 saturated heterocycles. The predicted octanol–water partition coefficient (Wildman–Crippen LogP) is 21.3. The Balaban J connectivity index is 1.04. The van der Waals surface area contributed by atoms with Gasteiger partial charge in [0.2, 0.25) is 0 Å². The molecule has 0 fully saturated rings. The van der Waals surface area contributed by atoms with Crippen LogP contribution in [0.25, 0.3) is 156 Å². The summed E-state index contributed by atoms with van der Waals surface area (Å²) in [7, 11) is 0. The van der Waals surface area contributed by atoms with E-state index in [1.54, 1.807) is 0 Å². The number of hydrogen-bond acceptors (Lipinski definition) is 3. The van der Waals surface area contributed by atoms with Crippen LogP contribution in [-0.4, -0.2) is 24.1 Å². The normalized spacial score (nSPS) is 11.5. The third-order valence-corrected chi connectivity index (χ3v) is 17.0. The molecule has 16 aromatic rings. The Kier molecular flexibility index (Phi) is 12.8. The molecule has 0 atom stereocenters. The zero-order valence-electron chi connectivity index (χ0n) is 47.4. The average molecular weight is 1130 g/mol. The number of pyridine rings is 3. The molecular weight excluding hydrogens is 1080 g/mol. The van der Waals surface area contributed by atoms with Crippen LogP contribution < -0.4 is 0 Å². The summed E-state index contributed by atoms with van der Waals surface area (Å²) in [5.41, 5.74) is 22.3. The molecule has 11 aromatic carbocycles. The average Bonchev–Trinajstić information content (AvgIpc) is 1.65. The number of rotatable bonds is 11. The maximum absolute atomic E-state index is 15.6. The van der Waals surface area contributed by atoms with Gasteiger partial charge < -0.3 is 9.13 Å². The Labute approximate surface area is 507 Å². The summed E-state index contributed by atoms with van der Waals surface area (Å²) in [6.07, 6.45) is 5.54. The number of halogens is 2. The molecule has 0 bridgehead atoms. The van der Waals surface area contributed by atoms with E-state index in [0.29, 0.717) is 11.1 Å². The molecule has 0 amide bonds. The maximum Gasteiger partial charge on any atom is 0.126 e. The van der Waals surface area contributed by atoms with E-state index in [1.165, 1.54) is 12.1 Å². The van der Waals surface area contributed by atoms with Gasteiger partial charge in [-0.15, -0.1) is 0 Å². The van der Waals surface area contributed by atoms with Crippen molar-refractivity contribution in [1.82, 2.24) is 24.1 Å². The number of aromatic nitrogens is 5. The molecule has 0 saturated carbocycles. The van der Waals surface area contributed by atoms with Crippen LogP contribution in [0.2, 0.25) is 0 Å². The largest absolute Gasteiger partial charge is 0.307 e. The fourth-order valence-corrected chi connectivity index (χ4v) is 13.0. The molecular formula is C81H51F2N5. The first-order valence-corrected chi connectivity index (χ1v) is 29.4. The maximum atomic E-state index is 15.6. The lowest BCUT2D eigenvalue weighted by Gasteiger charge is -2.20. The van der Waals surface area contributed by atoms with Crippen LogP contribution in [0.5, 0.6) is 0 Å². The molecule has 0 unspecified atom stereocenters. The van der Waals surface area contributed by atoms with Crippen LogP contribution in [0.3, 0.4) is 0 Å². The van der Waals surface area contributed by atoms with E-state index in [4.69, 9.17) is 15.0 Å². The van der Waals surface area contributed by atoms with Crippen molar-refractivity contribution in [2.75, 3.05) is 0 Å². The SMILES string of the molecule is Fc1cc(F)cc(-c2ccc(-n3c4cc(-c5ccccc5-c5ccccc5)ccc4c4ccc(-c5cccnc5-c5ccccc5)cc43)c(-n3c4cc(-c5cccnc5-c5ccccc5)ccc4c4ccc(-c5cccnc5-c5ccccc5)cc43)c2)c1. The van der Waals surface area contributed by atoms with E-state index in [2.05, 4.69) is 197 Å². The summed E-state index contributed by atoms with van der Waals surface area (Å²) in [5, 5.41) is 4.15. The van der Waals surface area contributed by atoms with Gasteiger partial charge in [-0.2, -0.15) is 0 Å². The van der Waals surface area contributed by atoms with E-state index >= 15 is 8.78 Å². The standard InChI is InChI=1S/C81H51F2N5/c82-62-44-61(45-63(83)51-62)56-35-40-73(87-74-47-57(65-27-14-13-26-64(65)52-18-5-1-6-19-52)31-36-69(74)70-37-32-58(48-75(70)87)66-28-15-41-84-79(66)53-20-7-2-8-21-53)78(46-56)88-76-49-59(67-29-16-42-85-80(67)54-22-9-3-10-23-54)33-38-71(76)72-39-34-60(50-77(72)88)68-30-17-43-86-81(68)55-24-11-4-12-25-55/h1-51H. The minimum absolute atomic E-state index is 0.410. The zero-order chi connectivity index (χ0) is 58.7. The Morgan fingerprint density at radius 3 is 0.932 bits per heavy atom. The summed E-state index contributed by atoms with van der Waals surface area (Å²) in [5.74, 6) is -1.32. The van der Waals surface area contributed by atoms with Crippen molar-refractivity contribution in [2.24, 2.45) is 0 Å². The van der Waals surface area contributed by atoms with Crippen LogP contribution in [-0.2, 0) is 0 Å². The van der Waals surface area contributed by atoms with E-state index in [1.807, 2.05) is 104 Å². The number of fused-ring (bicyclic) bond motifs is 6. The van der Waals surface area contributed by atoms with Crippen molar-refractivity contribution >= 4 is 43.6 Å². The predicted molar refractivity (Wildman–Crippen MR) is 357 cm³/mol. The van der Waals surface area contributed by atoms with Crippen molar-refractivity contribution in [3.8, 4) is 112 Å². The molecule has 7 heteroatoms. The van der Waals surface area contributed by atoms with E-state index in [-0.39, 0.29) is 0 Å². The third-order valence-electron chi connectivity index (χ3n) is 17.0. The van der Waals surface area contributed by atoms with Gasteiger partial charge in [0.15, 0.2) is 0 Å². The molecule has 5 nitrogen and oxygen atoms in total. The molecule has 5 aromatic heterocycles. The van der Waals surface area contributed by atoms with Crippen LogP contribution >= 0.6 is 0 Å². The summed E-state index contributed by atoms with van der Waals surface area (Å²) in [4.78, 5) is 15.0. The number of hydrogen-bond donors (Lipinski definition) is 0. The van der Waals surface area contributed by atoms with Crippen molar-refractivity contribution in [2.45, 2.75) is 0 Å². The van der Waals surface area contributed by atoms with Gasteiger partial charge in [0, 0.05) is 79.6 Å². The monoisotopic (exact) mass is 1130 g/mol. The third kappa shape index (κ3) is 9.12. The van der Waals surface area contributed by atoms with Crippen molar-refractivity contribution in [3.63, 3.8) is 0 Å². The van der Waals surface area contributed by atoms with Gasteiger partial charge in [0.05, 0.1) is 50.5 Å². The fraction of sp³-hybridized carbons (Fsp3) is 0. The van der Waals surface area contributed by atoms with Crippen molar-refractivity contribution in [3.05, 3.63) is 321 Å². The molecule has 88 heavy (non-hydrogen) atoms. The van der Waals surface area contributed by atoms with E-state index in [0.717, 1.165) is 150 Å². The van der Waals surface area contributed by atoms with Gasteiger partial charge in [-0.3, -0.25) is 15.0 Å². The topological polar surface area (TPSA) is 48.5 Å². The molecule has 5 heterocycles. The Bertz CT molecular complexity index is 5050. The second kappa shape index (κ2) is 21.8. The number of benzene rings is 11. The minimum atomic E-state index is -0.660. The molecule has 0 radical (unpaired) electrons. The van der Waals surface area contributed by atoms with Gasteiger partial charge >= 0.3 is 0 Å². The van der Waals surface area contributed by atoms with Gasteiger partial charge in [-0.1, -0.05) is 218 Å². The smallest absolute Gasteiger partial charge is 0.126 e.